The highest BCUT2D eigenvalue weighted by Gasteiger charge is 2.14. The molecule has 0 bridgehead atoms. The molecule has 0 aliphatic carbocycles. The van der Waals surface area contributed by atoms with E-state index in [9.17, 15) is 4.79 Å². The molecule has 1 amide bonds. The number of benzene rings is 2. The number of halogens is 1. The van der Waals surface area contributed by atoms with Crippen molar-refractivity contribution in [3.8, 4) is 0 Å². The highest BCUT2D eigenvalue weighted by atomic mass is 35.5. The molecule has 0 saturated carbocycles. The van der Waals surface area contributed by atoms with Crippen molar-refractivity contribution in [1.29, 1.82) is 0 Å². The number of hydrogen-bond acceptors (Lipinski definition) is 2. The Bertz CT molecular complexity index is 858. The average Bonchev–Trinajstić information content (AvgIpc) is 3.01. The van der Waals surface area contributed by atoms with Crippen LogP contribution in [0.15, 0.2) is 60.9 Å². The van der Waals surface area contributed by atoms with E-state index in [1.54, 1.807) is 30.3 Å². The summed E-state index contributed by atoms with van der Waals surface area (Å²) in [5.41, 5.74) is 2.40. The Morgan fingerprint density at radius 1 is 1.21 bits per heavy atom. The van der Waals surface area contributed by atoms with Crippen LogP contribution in [0.4, 0.5) is 5.69 Å². The number of amides is 1. The predicted molar refractivity (Wildman–Crippen MR) is 96.7 cm³/mol. The summed E-state index contributed by atoms with van der Waals surface area (Å²) in [5, 5.41) is 0.633. The molecule has 0 aliphatic rings. The molecule has 0 unspecified atom stereocenters. The number of hydrogen-bond donors (Lipinski definition) is 0. The first-order valence-electron chi connectivity index (χ1n) is 7.65. The van der Waals surface area contributed by atoms with Crippen LogP contribution >= 0.6 is 11.6 Å². The van der Waals surface area contributed by atoms with E-state index < -0.39 is 0 Å². The van der Waals surface area contributed by atoms with Gasteiger partial charge in [0, 0.05) is 35.7 Å². The van der Waals surface area contributed by atoms with Gasteiger partial charge in [0.15, 0.2) is 0 Å². The second-order valence-corrected chi connectivity index (χ2v) is 6.02. The molecule has 24 heavy (non-hydrogen) atoms. The van der Waals surface area contributed by atoms with Crippen LogP contribution in [0.3, 0.4) is 0 Å². The second-order valence-electron chi connectivity index (χ2n) is 5.61. The van der Waals surface area contributed by atoms with E-state index in [0.717, 1.165) is 17.1 Å². The predicted octanol–water partition coefficient (Wildman–Crippen LogP) is 4.17. The van der Waals surface area contributed by atoms with Crippen LogP contribution in [0.2, 0.25) is 5.02 Å². The summed E-state index contributed by atoms with van der Waals surface area (Å²) < 4.78 is 2.03. The lowest BCUT2D eigenvalue weighted by atomic mass is 10.1. The van der Waals surface area contributed by atoms with Crippen molar-refractivity contribution in [2.45, 2.75) is 13.5 Å². The first-order valence-corrected chi connectivity index (χ1v) is 8.03. The molecule has 2 aromatic carbocycles. The standard InChI is InChI=1S/C19H18ClN3O/c1-14-21-10-11-23(14)13-16-8-9-17(12-18(16)20)22(2)19(24)15-6-4-3-5-7-15/h3-12H,13H2,1-2H3. The Morgan fingerprint density at radius 3 is 2.58 bits per heavy atom. The third kappa shape index (κ3) is 3.34. The van der Waals surface area contributed by atoms with Gasteiger partial charge in [-0.25, -0.2) is 4.98 Å². The third-order valence-corrected chi connectivity index (χ3v) is 4.37. The number of rotatable bonds is 4. The smallest absolute Gasteiger partial charge is 0.258 e. The summed E-state index contributed by atoms with van der Waals surface area (Å²) in [6.45, 7) is 2.61. The third-order valence-electron chi connectivity index (χ3n) is 4.01. The molecular weight excluding hydrogens is 322 g/mol. The summed E-state index contributed by atoms with van der Waals surface area (Å²) in [6, 6.07) is 14.9. The van der Waals surface area contributed by atoms with Gasteiger partial charge >= 0.3 is 0 Å². The Kier molecular flexibility index (Phi) is 4.67. The van der Waals surface area contributed by atoms with Crippen LogP contribution < -0.4 is 4.90 Å². The molecule has 0 saturated heterocycles. The molecule has 0 N–H and O–H groups in total. The minimum atomic E-state index is -0.0649. The highest BCUT2D eigenvalue weighted by Crippen LogP contribution is 2.25. The Labute approximate surface area is 146 Å². The highest BCUT2D eigenvalue weighted by molar-refractivity contribution is 6.31. The van der Waals surface area contributed by atoms with E-state index in [1.165, 1.54) is 0 Å². The van der Waals surface area contributed by atoms with Gasteiger partial charge in [-0.15, -0.1) is 0 Å². The summed E-state index contributed by atoms with van der Waals surface area (Å²) in [4.78, 5) is 18.3. The zero-order chi connectivity index (χ0) is 17.1. The van der Waals surface area contributed by atoms with E-state index >= 15 is 0 Å². The Morgan fingerprint density at radius 2 is 1.96 bits per heavy atom. The maximum absolute atomic E-state index is 12.5. The number of anilines is 1. The fourth-order valence-electron chi connectivity index (χ4n) is 2.52. The number of aromatic nitrogens is 2. The van der Waals surface area contributed by atoms with E-state index in [2.05, 4.69) is 4.98 Å². The number of imidazole rings is 1. The minimum absolute atomic E-state index is 0.0649. The Hall–Kier alpha value is -2.59. The molecular formula is C19H18ClN3O. The van der Waals surface area contributed by atoms with E-state index in [1.807, 2.05) is 54.1 Å². The van der Waals surface area contributed by atoms with Crippen LogP contribution in [-0.2, 0) is 6.54 Å². The van der Waals surface area contributed by atoms with Gasteiger partial charge in [0.1, 0.15) is 5.82 Å². The zero-order valence-electron chi connectivity index (χ0n) is 13.6. The van der Waals surface area contributed by atoms with E-state index in [4.69, 9.17) is 11.6 Å². The fraction of sp³-hybridized carbons (Fsp3) is 0.158. The van der Waals surface area contributed by atoms with Crippen LogP contribution in [-0.4, -0.2) is 22.5 Å². The van der Waals surface area contributed by atoms with Gasteiger partial charge in [0.05, 0.1) is 6.54 Å². The van der Waals surface area contributed by atoms with Gasteiger partial charge in [-0.2, -0.15) is 0 Å². The molecule has 0 radical (unpaired) electrons. The van der Waals surface area contributed by atoms with Gasteiger partial charge < -0.3 is 9.47 Å². The van der Waals surface area contributed by atoms with Crippen molar-refractivity contribution >= 4 is 23.2 Å². The first kappa shape index (κ1) is 16.3. The van der Waals surface area contributed by atoms with E-state index in [-0.39, 0.29) is 5.91 Å². The van der Waals surface area contributed by atoms with E-state index in [0.29, 0.717) is 17.1 Å². The molecule has 0 fully saturated rings. The second kappa shape index (κ2) is 6.89. The van der Waals surface area contributed by atoms with Crippen molar-refractivity contribution in [3.63, 3.8) is 0 Å². The molecule has 3 rings (SSSR count). The van der Waals surface area contributed by atoms with Gasteiger partial charge in [-0.1, -0.05) is 35.9 Å². The molecule has 0 atom stereocenters. The molecule has 1 aromatic heterocycles. The normalized spacial score (nSPS) is 10.6. The minimum Gasteiger partial charge on any atom is -0.331 e. The molecule has 4 nitrogen and oxygen atoms in total. The molecule has 3 aromatic rings. The molecule has 0 aliphatic heterocycles. The van der Waals surface area contributed by atoms with Crippen LogP contribution in [0.1, 0.15) is 21.7 Å². The monoisotopic (exact) mass is 339 g/mol. The summed E-state index contributed by atoms with van der Waals surface area (Å²) in [5.74, 6) is 0.872. The number of carbonyl (C=O) groups is 1. The topological polar surface area (TPSA) is 38.1 Å². The summed E-state index contributed by atoms with van der Waals surface area (Å²) in [7, 11) is 1.75. The van der Waals surface area contributed by atoms with Crippen molar-refractivity contribution in [2.24, 2.45) is 0 Å². The van der Waals surface area contributed by atoms with Gasteiger partial charge in [0.25, 0.3) is 5.91 Å². The zero-order valence-corrected chi connectivity index (χ0v) is 14.4. The van der Waals surface area contributed by atoms with Crippen LogP contribution in [0.5, 0.6) is 0 Å². The van der Waals surface area contributed by atoms with Crippen molar-refractivity contribution < 1.29 is 4.79 Å². The van der Waals surface area contributed by atoms with Gasteiger partial charge in [0.2, 0.25) is 0 Å². The molecule has 0 spiro atoms. The average molecular weight is 340 g/mol. The first-order chi connectivity index (χ1) is 11.6. The number of carbonyl (C=O) groups excluding carboxylic acids is 1. The maximum atomic E-state index is 12.5. The maximum Gasteiger partial charge on any atom is 0.258 e. The fourth-order valence-corrected chi connectivity index (χ4v) is 2.75. The number of aryl methyl sites for hydroxylation is 1. The van der Waals surface area contributed by atoms with Crippen LogP contribution in [0.25, 0.3) is 0 Å². The molecule has 1 heterocycles. The van der Waals surface area contributed by atoms with Crippen molar-refractivity contribution in [1.82, 2.24) is 9.55 Å². The lowest BCUT2D eigenvalue weighted by Gasteiger charge is -2.19. The quantitative estimate of drug-likeness (QED) is 0.715. The van der Waals surface area contributed by atoms with Crippen molar-refractivity contribution in [2.75, 3.05) is 11.9 Å². The molecule has 122 valence electrons. The Balaban J connectivity index is 1.81. The largest absolute Gasteiger partial charge is 0.331 e. The summed E-state index contributed by atoms with van der Waals surface area (Å²) in [6.07, 6.45) is 3.69. The SMILES string of the molecule is Cc1nccn1Cc1ccc(N(C)C(=O)c2ccccc2)cc1Cl. The van der Waals surface area contributed by atoms with Gasteiger partial charge in [-0.05, 0) is 36.8 Å². The summed E-state index contributed by atoms with van der Waals surface area (Å²) >= 11 is 6.42. The lowest BCUT2D eigenvalue weighted by molar-refractivity contribution is 0.0993. The molecule has 5 heteroatoms. The van der Waals surface area contributed by atoms with Crippen LogP contribution in [0, 0.1) is 6.92 Å². The van der Waals surface area contributed by atoms with Gasteiger partial charge in [-0.3, -0.25) is 4.79 Å². The number of nitrogens with zero attached hydrogens (tertiary/aromatic N) is 3. The lowest BCUT2D eigenvalue weighted by Crippen LogP contribution is -2.26. The van der Waals surface area contributed by atoms with Crippen molar-refractivity contribution in [3.05, 3.63) is 82.9 Å².